The normalized spacial score (nSPS) is 29.0. The minimum Gasteiger partial charge on any atom is -0.510 e. The van der Waals surface area contributed by atoms with Crippen molar-refractivity contribution in [2.45, 2.75) is 56.7 Å². The summed E-state index contributed by atoms with van der Waals surface area (Å²) in [6.45, 7) is 5.51. The predicted octanol–water partition coefficient (Wildman–Crippen LogP) is 2.08. The molecule has 4 atom stereocenters. The zero-order valence-corrected chi connectivity index (χ0v) is 25.9. The lowest BCUT2D eigenvalue weighted by Crippen LogP contribution is -2.63. The Labute approximate surface area is 261 Å². The van der Waals surface area contributed by atoms with Crippen LogP contribution in [-0.4, -0.2) is 111 Å². The number of Topliss-reactive ketones (excluding diaryl/α,β-unsaturated/α-hetero) is 2. The summed E-state index contributed by atoms with van der Waals surface area (Å²) in [5, 5.41) is 45.8. The SMILES string of the molecule is CN(C)[C@@H]1C(O)=C(C(N)=O)C(=O)[C@@]2(O)C(O)=C3C(=O)c4c(O)cc(CN(CCN5CCCC5)CC5CC5)c(Cl)c4C[C@H]3C[C@@H]12. The molecule has 1 amide bonds. The van der Waals surface area contributed by atoms with E-state index in [1.54, 1.807) is 14.1 Å². The van der Waals surface area contributed by atoms with Crippen molar-refractivity contribution < 1.29 is 34.8 Å². The number of benzene rings is 1. The number of halogens is 1. The molecule has 1 aromatic carbocycles. The second-order valence-electron chi connectivity index (χ2n) is 13.4. The highest BCUT2D eigenvalue weighted by Gasteiger charge is 2.63. The lowest BCUT2D eigenvalue weighted by Gasteiger charge is -2.50. The number of phenols is 1. The Balaban J connectivity index is 1.36. The zero-order valence-electron chi connectivity index (χ0n) is 25.2. The molecular formula is C32H41ClN4O7. The summed E-state index contributed by atoms with van der Waals surface area (Å²) in [6.07, 6.45) is 5.04. The molecule has 12 heteroatoms. The number of amides is 1. The molecule has 0 radical (unpaired) electrons. The first kappa shape index (κ1) is 31.0. The highest BCUT2D eigenvalue weighted by atomic mass is 35.5. The third-order valence-corrected chi connectivity index (χ3v) is 10.7. The minimum atomic E-state index is -2.66. The summed E-state index contributed by atoms with van der Waals surface area (Å²) in [4.78, 5) is 45.9. The molecular weight excluding hydrogens is 588 g/mol. The number of aliphatic hydroxyl groups excluding tert-OH is 2. The van der Waals surface area contributed by atoms with Crippen LogP contribution in [0.1, 0.15) is 53.6 Å². The van der Waals surface area contributed by atoms with Crippen molar-refractivity contribution in [3.8, 4) is 5.75 Å². The number of hydrogen-bond acceptors (Lipinski definition) is 10. The van der Waals surface area contributed by atoms with Crippen molar-refractivity contribution in [1.82, 2.24) is 14.7 Å². The second kappa shape index (κ2) is 11.4. The largest absolute Gasteiger partial charge is 0.510 e. The zero-order chi connectivity index (χ0) is 31.7. The molecule has 238 valence electrons. The van der Waals surface area contributed by atoms with Crippen molar-refractivity contribution in [3.05, 3.63) is 50.4 Å². The van der Waals surface area contributed by atoms with Crippen LogP contribution < -0.4 is 5.73 Å². The highest BCUT2D eigenvalue weighted by molar-refractivity contribution is 6.33. The fourth-order valence-electron chi connectivity index (χ4n) is 7.90. The molecule has 0 spiro atoms. The molecule has 2 fully saturated rings. The van der Waals surface area contributed by atoms with Gasteiger partial charge in [0.25, 0.3) is 5.91 Å². The molecule has 0 aromatic heterocycles. The van der Waals surface area contributed by atoms with Crippen molar-refractivity contribution in [1.29, 1.82) is 0 Å². The molecule has 4 aliphatic carbocycles. The molecule has 6 rings (SSSR count). The molecule has 1 heterocycles. The Kier molecular flexibility index (Phi) is 8.07. The Morgan fingerprint density at radius 1 is 1.16 bits per heavy atom. The first-order valence-electron chi connectivity index (χ1n) is 15.5. The van der Waals surface area contributed by atoms with E-state index in [4.69, 9.17) is 17.3 Å². The van der Waals surface area contributed by atoms with Crippen LogP contribution in [0.15, 0.2) is 28.7 Å². The number of phenolic OH excluding ortho intramolecular Hbond substituents is 1. The fourth-order valence-corrected chi connectivity index (χ4v) is 8.19. The smallest absolute Gasteiger partial charge is 0.255 e. The number of hydrogen-bond donors (Lipinski definition) is 5. The molecule has 0 unspecified atom stereocenters. The molecule has 1 aliphatic heterocycles. The van der Waals surface area contributed by atoms with E-state index in [1.165, 1.54) is 36.6 Å². The van der Waals surface area contributed by atoms with Gasteiger partial charge < -0.3 is 31.1 Å². The van der Waals surface area contributed by atoms with Gasteiger partial charge in [-0.3, -0.25) is 24.2 Å². The van der Waals surface area contributed by atoms with E-state index < -0.39 is 58.0 Å². The summed E-state index contributed by atoms with van der Waals surface area (Å²) in [5.74, 6) is -6.08. The Morgan fingerprint density at radius 3 is 2.45 bits per heavy atom. The van der Waals surface area contributed by atoms with Crippen molar-refractivity contribution in [2.75, 3.05) is 46.8 Å². The van der Waals surface area contributed by atoms with Gasteiger partial charge in [-0.1, -0.05) is 11.6 Å². The lowest BCUT2D eigenvalue weighted by molar-refractivity contribution is -0.148. The van der Waals surface area contributed by atoms with Crippen molar-refractivity contribution >= 4 is 29.1 Å². The topological polar surface area (TPSA) is 168 Å². The first-order valence-corrected chi connectivity index (χ1v) is 15.8. The Hall–Kier alpha value is -2.96. The quantitative estimate of drug-likeness (QED) is 0.255. The number of rotatable bonds is 9. The van der Waals surface area contributed by atoms with Gasteiger partial charge in [0, 0.05) is 42.7 Å². The number of likely N-dealkylation sites (tertiary alicyclic amines) is 1. The summed E-state index contributed by atoms with van der Waals surface area (Å²) < 4.78 is 0. The predicted molar refractivity (Wildman–Crippen MR) is 162 cm³/mol. The number of primary amides is 1. The van der Waals surface area contributed by atoms with Crippen LogP contribution in [-0.2, 0) is 22.6 Å². The molecule has 44 heavy (non-hydrogen) atoms. The van der Waals surface area contributed by atoms with Crippen LogP contribution in [0.25, 0.3) is 0 Å². The number of ketones is 2. The van der Waals surface area contributed by atoms with Gasteiger partial charge >= 0.3 is 0 Å². The molecule has 11 nitrogen and oxygen atoms in total. The monoisotopic (exact) mass is 628 g/mol. The Morgan fingerprint density at radius 2 is 1.84 bits per heavy atom. The fraction of sp³-hybridized carbons (Fsp3) is 0.594. The standard InChI is InChI=1S/C32H41ClN4O7/c1-35(2)26-20-12-17-11-19-23(27(39)22(17)29(41)32(20,44)30(42)24(28(26)40)31(34)43)21(38)13-18(25(19)33)15-37(14-16-5-6-16)10-9-36-7-3-4-8-36/h13,16-17,20,26,38,40-41,44H,3-12,14-15H2,1-2H3,(H2,34,43)/t17-,20-,26-,32-/m0/s1. The average Bonchev–Trinajstić information content (AvgIpc) is 3.61. The number of allylic oxidation sites excluding steroid dienone is 1. The van der Waals surface area contributed by atoms with E-state index >= 15 is 0 Å². The van der Waals surface area contributed by atoms with Crippen LogP contribution in [0.3, 0.4) is 0 Å². The van der Waals surface area contributed by atoms with E-state index in [1.807, 2.05) is 0 Å². The van der Waals surface area contributed by atoms with Crippen LogP contribution in [0.4, 0.5) is 0 Å². The van der Waals surface area contributed by atoms with Crippen LogP contribution in [0.5, 0.6) is 5.75 Å². The molecule has 5 aliphatic rings. The van der Waals surface area contributed by atoms with E-state index in [2.05, 4.69) is 9.80 Å². The van der Waals surface area contributed by atoms with Gasteiger partial charge in [-0.25, -0.2) is 0 Å². The van der Waals surface area contributed by atoms with E-state index in [0.29, 0.717) is 28.6 Å². The van der Waals surface area contributed by atoms with E-state index in [-0.39, 0.29) is 29.7 Å². The van der Waals surface area contributed by atoms with Crippen molar-refractivity contribution in [2.24, 2.45) is 23.5 Å². The molecule has 1 aromatic rings. The number of likely N-dealkylation sites (N-methyl/N-ethyl adjacent to an activating group) is 1. The number of nitrogens with two attached hydrogens (primary N) is 1. The van der Waals surface area contributed by atoms with E-state index in [0.717, 1.165) is 32.7 Å². The van der Waals surface area contributed by atoms with Gasteiger partial charge in [0.15, 0.2) is 11.4 Å². The summed E-state index contributed by atoms with van der Waals surface area (Å²) in [7, 11) is 3.21. The number of aromatic hydroxyl groups is 1. The van der Waals surface area contributed by atoms with Crippen LogP contribution >= 0.6 is 11.6 Å². The summed E-state index contributed by atoms with van der Waals surface area (Å²) >= 11 is 7.01. The summed E-state index contributed by atoms with van der Waals surface area (Å²) in [5.41, 5.74) is 2.84. The van der Waals surface area contributed by atoms with Gasteiger partial charge in [-0.2, -0.15) is 0 Å². The van der Waals surface area contributed by atoms with Crippen LogP contribution in [0.2, 0.25) is 5.02 Å². The average molecular weight is 629 g/mol. The Bertz CT molecular complexity index is 1480. The van der Waals surface area contributed by atoms with Crippen LogP contribution in [0, 0.1) is 17.8 Å². The van der Waals surface area contributed by atoms with Gasteiger partial charge in [0.05, 0.1) is 11.6 Å². The molecule has 1 saturated carbocycles. The van der Waals surface area contributed by atoms with E-state index in [9.17, 15) is 34.8 Å². The molecule has 0 bridgehead atoms. The maximum absolute atomic E-state index is 14.0. The maximum atomic E-state index is 14.0. The summed E-state index contributed by atoms with van der Waals surface area (Å²) in [6, 6.07) is 0.467. The van der Waals surface area contributed by atoms with Gasteiger partial charge in [0.1, 0.15) is 22.8 Å². The minimum absolute atomic E-state index is 0.0245. The third-order valence-electron chi connectivity index (χ3n) is 10.3. The number of nitrogens with zero attached hydrogens (tertiary/aromatic N) is 3. The third kappa shape index (κ3) is 5.02. The maximum Gasteiger partial charge on any atom is 0.255 e. The first-order chi connectivity index (χ1) is 20.8. The second-order valence-corrected chi connectivity index (χ2v) is 13.8. The number of fused-ring (bicyclic) bond motifs is 3. The molecule has 1 saturated heterocycles. The van der Waals surface area contributed by atoms with Crippen molar-refractivity contribution in [3.63, 3.8) is 0 Å². The highest BCUT2D eigenvalue weighted by Crippen LogP contribution is 2.53. The molecule has 6 N–H and O–H groups in total. The number of aliphatic hydroxyl groups is 3. The van der Waals surface area contributed by atoms with Gasteiger partial charge in [-0.05, 0) is 94.7 Å². The number of carbonyl (C=O) groups excluding carboxylic acids is 3. The number of carbonyl (C=O) groups is 3. The van der Waals surface area contributed by atoms with Gasteiger partial charge in [-0.15, -0.1) is 0 Å². The van der Waals surface area contributed by atoms with Gasteiger partial charge in [0.2, 0.25) is 5.78 Å². The lowest BCUT2D eigenvalue weighted by atomic mass is 9.58.